The molecule has 0 aromatic carbocycles. The average molecular weight is 412 g/mol. The summed E-state index contributed by atoms with van der Waals surface area (Å²) in [7, 11) is 0. The van der Waals surface area contributed by atoms with E-state index in [0.717, 1.165) is 29.8 Å². The van der Waals surface area contributed by atoms with E-state index in [9.17, 15) is 19.2 Å². The van der Waals surface area contributed by atoms with Crippen LogP contribution in [0.2, 0.25) is 0 Å². The summed E-state index contributed by atoms with van der Waals surface area (Å²) in [5.41, 5.74) is 7.16. The third-order valence-corrected chi connectivity index (χ3v) is 5.55. The lowest BCUT2D eigenvalue weighted by atomic mass is 10.2. The highest BCUT2D eigenvalue weighted by molar-refractivity contribution is 6.01. The van der Waals surface area contributed by atoms with Crippen LogP contribution in [-0.2, 0) is 9.53 Å². The van der Waals surface area contributed by atoms with Crippen LogP contribution in [-0.4, -0.2) is 32.5 Å². The monoisotopic (exact) mass is 412 g/mol. The van der Waals surface area contributed by atoms with Crippen LogP contribution in [0.3, 0.4) is 0 Å². The van der Waals surface area contributed by atoms with E-state index in [1.807, 2.05) is 19.9 Å². The number of Topliss-reactive ketones (excluding diaryl/α,β-unsaturated/α-hetero) is 1. The van der Waals surface area contributed by atoms with E-state index in [1.165, 1.54) is 23.5 Å². The van der Waals surface area contributed by atoms with E-state index in [0.29, 0.717) is 6.04 Å². The predicted octanol–water partition coefficient (Wildman–Crippen LogP) is 1.65. The Morgan fingerprint density at radius 3 is 2.43 bits per heavy atom. The minimum Gasteiger partial charge on any atom is -0.454 e. The molecule has 2 aliphatic carbocycles. The summed E-state index contributed by atoms with van der Waals surface area (Å²) in [6, 6.07) is 2.43. The molecule has 2 saturated carbocycles. The van der Waals surface area contributed by atoms with Gasteiger partial charge in [0.25, 0.3) is 5.56 Å². The van der Waals surface area contributed by atoms with Crippen LogP contribution in [0.5, 0.6) is 0 Å². The number of rotatable bonds is 7. The van der Waals surface area contributed by atoms with E-state index in [4.69, 9.17) is 10.5 Å². The van der Waals surface area contributed by atoms with Gasteiger partial charge in [-0.1, -0.05) is 0 Å². The summed E-state index contributed by atoms with van der Waals surface area (Å²) in [4.78, 5) is 50.6. The van der Waals surface area contributed by atoms with Gasteiger partial charge in [-0.15, -0.1) is 0 Å². The molecule has 0 radical (unpaired) electrons. The molecule has 2 aromatic rings. The number of nitrogen functional groups attached to an aromatic ring is 1. The third-order valence-electron chi connectivity index (χ3n) is 5.55. The number of nitrogens with one attached hydrogen (secondary N) is 1. The Morgan fingerprint density at radius 1 is 1.17 bits per heavy atom. The topological polar surface area (TPSA) is 129 Å². The number of ether oxygens (including phenoxy) is 1. The summed E-state index contributed by atoms with van der Waals surface area (Å²) < 4.78 is 8.47. The molecule has 2 heterocycles. The number of nitrogens with two attached hydrogens (primary N) is 1. The number of H-pyrrole nitrogens is 1. The van der Waals surface area contributed by atoms with Crippen molar-refractivity contribution < 1.29 is 14.3 Å². The summed E-state index contributed by atoms with van der Waals surface area (Å²) in [6.45, 7) is 3.40. The van der Waals surface area contributed by atoms with Crippen LogP contribution in [0.4, 0.5) is 5.82 Å². The first-order chi connectivity index (χ1) is 14.3. The molecule has 30 heavy (non-hydrogen) atoms. The van der Waals surface area contributed by atoms with Crippen molar-refractivity contribution in [1.82, 2.24) is 14.1 Å². The number of nitrogens with zero attached hydrogens (tertiary/aromatic N) is 2. The van der Waals surface area contributed by atoms with Crippen molar-refractivity contribution in [2.75, 3.05) is 12.3 Å². The van der Waals surface area contributed by atoms with Crippen molar-refractivity contribution in [3.8, 4) is 0 Å². The Hall–Kier alpha value is -3.36. The standard InChI is InChI=1S/C21H24N4O5/c1-11-9-13(12(2)24(11)14-4-5-14)3-8-17(27)30-10-16(26)18-19(22)25(15-6-7-15)21(29)23-20(18)28/h3,8-9,14-15H,4-7,10,22H2,1-2H3,(H,23,28,29)/b8-3+. The summed E-state index contributed by atoms with van der Waals surface area (Å²) in [6.07, 6.45) is 6.75. The van der Waals surface area contributed by atoms with Crippen LogP contribution in [0.15, 0.2) is 21.7 Å². The fourth-order valence-corrected chi connectivity index (χ4v) is 3.81. The average Bonchev–Trinajstić information content (AvgIpc) is 3.58. The second-order valence-corrected chi connectivity index (χ2v) is 7.91. The van der Waals surface area contributed by atoms with Crippen molar-refractivity contribution in [3.63, 3.8) is 0 Å². The molecule has 2 aliphatic rings. The van der Waals surface area contributed by atoms with Crippen molar-refractivity contribution in [2.24, 2.45) is 0 Å². The molecule has 0 saturated heterocycles. The molecular weight excluding hydrogens is 388 g/mol. The van der Waals surface area contributed by atoms with E-state index < -0.39 is 29.6 Å². The lowest BCUT2D eigenvalue weighted by Crippen LogP contribution is -2.36. The number of carbonyl (C=O) groups excluding carboxylic acids is 2. The van der Waals surface area contributed by atoms with Crippen LogP contribution in [0, 0.1) is 13.8 Å². The number of esters is 1. The second kappa shape index (κ2) is 7.47. The molecular formula is C21H24N4O5. The van der Waals surface area contributed by atoms with Crippen molar-refractivity contribution >= 4 is 23.6 Å². The lowest BCUT2D eigenvalue weighted by Gasteiger charge is -2.10. The van der Waals surface area contributed by atoms with Crippen molar-refractivity contribution in [3.05, 3.63) is 55.5 Å². The van der Waals surface area contributed by atoms with Gasteiger partial charge in [0, 0.05) is 29.5 Å². The molecule has 3 N–H and O–H groups in total. The molecule has 0 bridgehead atoms. The number of carbonyl (C=O) groups is 2. The lowest BCUT2D eigenvalue weighted by molar-refractivity contribution is -0.136. The van der Waals surface area contributed by atoms with Gasteiger partial charge < -0.3 is 15.0 Å². The highest BCUT2D eigenvalue weighted by Crippen LogP contribution is 2.38. The molecule has 4 rings (SSSR count). The Labute approximate surface area is 172 Å². The van der Waals surface area contributed by atoms with Gasteiger partial charge in [0.2, 0.25) is 5.78 Å². The van der Waals surface area contributed by atoms with Crippen molar-refractivity contribution in [1.29, 1.82) is 0 Å². The Bertz CT molecular complexity index is 1180. The van der Waals surface area contributed by atoms with Gasteiger partial charge >= 0.3 is 11.7 Å². The van der Waals surface area contributed by atoms with Gasteiger partial charge in [-0.2, -0.15) is 0 Å². The van der Waals surface area contributed by atoms with Gasteiger partial charge in [0.05, 0.1) is 0 Å². The maximum Gasteiger partial charge on any atom is 0.331 e. The van der Waals surface area contributed by atoms with Gasteiger partial charge in [-0.05, 0) is 57.2 Å². The number of aromatic nitrogens is 3. The summed E-state index contributed by atoms with van der Waals surface area (Å²) >= 11 is 0. The highest BCUT2D eigenvalue weighted by Gasteiger charge is 2.30. The molecule has 158 valence electrons. The van der Waals surface area contributed by atoms with Gasteiger partial charge in [-0.3, -0.25) is 19.1 Å². The van der Waals surface area contributed by atoms with Gasteiger partial charge in [0.1, 0.15) is 11.4 Å². The maximum atomic E-state index is 12.4. The van der Waals surface area contributed by atoms with Crippen LogP contribution < -0.4 is 17.0 Å². The quantitative estimate of drug-likeness (QED) is 0.404. The predicted molar refractivity (Wildman–Crippen MR) is 111 cm³/mol. The van der Waals surface area contributed by atoms with Crippen LogP contribution in [0.25, 0.3) is 6.08 Å². The normalized spacial score (nSPS) is 16.2. The zero-order valence-electron chi connectivity index (χ0n) is 16.9. The largest absolute Gasteiger partial charge is 0.454 e. The summed E-state index contributed by atoms with van der Waals surface area (Å²) in [5, 5.41) is 0. The minimum atomic E-state index is -0.876. The van der Waals surface area contributed by atoms with Crippen LogP contribution >= 0.6 is 0 Å². The third kappa shape index (κ3) is 3.74. The smallest absolute Gasteiger partial charge is 0.331 e. The molecule has 0 aliphatic heterocycles. The first kappa shape index (κ1) is 19.9. The Kier molecular flexibility index (Phi) is 4.97. The van der Waals surface area contributed by atoms with E-state index in [-0.39, 0.29) is 17.4 Å². The highest BCUT2D eigenvalue weighted by atomic mass is 16.5. The second-order valence-electron chi connectivity index (χ2n) is 7.91. The first-order valence-electron chi connectivity index (χ1n) is 9.98. The molecule has 2 aromatic heterocycles. The number of aryl methyl sites for hydroxylation is 1. The number of aromatic amines is 1. The van der Waals surface area contributed by atoms with Crippen LogP contribution in [0.1, 0.15) is 65.1 Å². The number of hydrogen-bond acceptors (Lipinski definition) is 6. The Morgan fingerprint density at radius 2 is 1.80 bits per heavy atom. The van der Waals surface area contributed by atoms with Gasteiger partial charge in [0.15, 0.2) is 6.61 Å². The molecule has 9 heteroatoms. The molecule has 2 fully saturated rings. The molecule has 0 unspecified atom stereocenters. The maximum absolute atomic E-state index is 12.4. The van der Waals surface area contributed by atoms with E-state index >= 15 is 0 Å². The SMILES string of the molecule is Cc1cc(/C=C/C(=O)OCC(=O)c2c(N)n(C3CC3)c(=O)[nH]c2=O)c(C)n1C1CC1. The zero-order chi connectivity index (χ0) is 21.6. The minimum absolute atomic E-state index is 0.110. The zero-order valence-corrected chi connectivity index (χ0v) is 16.9. The van der Waals surface area contributed by atoms with Crippen molar-refractivity contribution in [2.45, 2.75) is 51.6 Å². The number of ketones is 1. The molecule has 0 spiro atoms. The molecule has 0 amide bonds. The van der Waals surface area contributed by atoms with E-state index in [1.54, 1.807) is 6.08 Å². The Balaban J connectivity index is 1.43. The first-order valence-corrected chi connectivity index (χ1v) is 9.98. The van der Waals surface area contributed by atoms with E-state index in [2.05, 4.69) is 9.55 Å². The summed E-state index contributed by atoms with van der Waals surface area (Å²) in [5.74, 6) is -1.64. The fraction of sp³-hybridized carbons (Fsp3) is 0.429. The molecule has 9 nitrogen and oxygen atoms in total. The fourth-order valence-electron chi connectivity index (χ4n) is 3.81. The van der Waals surface area contributed by atoms with Gasteiger partial charge in [-0.25, -0.2) is 9.59 Å². The number of anilines is 1. The number of hydrogen-bond donors (Lipinski definition) is 2. The molecule has 0 atom stereocenters.